The van der Waals surface area contributed by atoms with Crippen LogP contribution in [0.4, 0.5) is 0 Å². The van der Waals surface area contributed by atoms with Gasteiger partial charge in [0.05, 0.1) is 0 Å². The maximum atomic E-state index is 11.7. The zero-order valence-corrected chi connectivity index (χ0v) is 13.3. The number of rotatable bonds is 4. The van der Waals surface area contributed by atoms with E-state index in [-0.39, 0.29) is 0 Å². The summed E-state index contributed by atoms with van der Waals surface area (Å²) in [4.78, 5) is 27.6. The molecule has 0 unspecified atom stereocenters. The molecular weight excluding hydrogens is 292 g/mol. The van der Waals surface area contributed by atoms with Gasteiger partial charge in [0.25, 0.3) is 0 Å². The first-order chi connectivity index (χ1) is 9.35. The summed E-state index contributed by atoms with van der Waals surface area (Å²) in [6, 6.07) is 0. The number of hydrogen-bond donors (Lipinski definition) is 0. The van der Waals surface area contributed by atoms with Gasteiger partial charge >= 0.3 is 120 Å². The maximum absolute atomic E-state index is 11.7. The second-order valence-electron chi connectivity index (χ2n) is 5.09. The number of hydrogen-bond acceptors (Lipinski definition) is 4. The Morgan fingerprint density at radius 2 is 1.40 bits per heavy atom. The molecule has 0 aromatic heterocycles. The number of carbonyl (C=O) groups is 2. The van der Waals surface area contributed by atoms with Crippen LogP contribution in [0.5, 0.6) is 0 Å². The summed E-state index contributed by atoms with van der Waals surface area (Å²) in [6.07, 6.45) is 12.5. The second kappa shape index (κ2) is 5.11. The molecule has 0 amide bonds. The van der Waals surface area contributed by atoms with Crippen molar-refractivity contribution in [2.24, 2.45) is 0 Å². The molecule has 2 aliphatic carbocycles. The first-order valence-electron chi connectivity index (χ1n) is 6.51. The van der Waals surface area contributed by atoms with Gasteiger partial charge in [0, 0.05) is 0 Å². The third-order valence-electron chi connectivity index (χ3n) is 3.56. The van der Waals surface area contributed by atoms with Crippen molar-refractivity contribution in [1.29, 1.82) is 0 Å². The van der Waals surface area contributed by atoms with Gasteiger partial charge in [0.2, 0.25) is 0 Å². The van der Waals surface area contributed by atoms with Crippen molar-refractivity contribution in [3.8, 4) is 0 Å². The Hall–Kier alpha value is -1.52. The van der Waals surface area contributed by atoms with Gasteiger partial charge in [0.15, 0.2) is 0 Å². The summed E-state index contributed by atoms with van der Waals surface area (Å²) >= 11 is -4.74. The fourth-order valence-electron chi connectivity index (χ4n) is 2.74. The van der Waals surface area contributed by atoms with E-state index in [1.54, 1.807) is 0 Å². The molecule has 0 fully saturated rings. The summed E-state index contributed by atoms with van der Waals surface area (Å²) in [5, 5.41) is 0. The van der Waals surface area contributed by atoms with Crippen molar-refractivity contribution in [2.75, 3.05) is 0 Å². The molecule has 0 atom stereocenters. The van der Waals surface area contributed by atoms with E-state index in [0.717, 1.165) is 7.76 Å². The molecule has 0 N–H and O–H groups in total. The van der Waals surface area contributed by atoms with Crippen molar-refractivity contribution in [2.45, 2.75) is 26.7 Å². The minimum atomic E-state index is -4.74. The van der Waals surface area contributed by atoms with Crippen LogP contribution in [0.25, 0.3) is 0 Å². The van der Waals surface area contributed by atoms with E-state index in [9.17, 15) is 9.59 Å². The van der Waals surface area contributed by atoms with Crippen LogP contribution in [0.1, 0.15) is 26.7 Å². The van der Waals surface area contributed by atoms with Crippen LogP contribution in [0.3, 0.4) is 0 Å². The predicted molar refractivity (Wildman–Crippen MR) is 74.3 cm³/mol. The van der Waals surface area contributed by atoms with Crippen LogP contribution < -0.4 is 0 Å². The molecule has 0 bridgehead atoms. The first-order valence-corrected chi connectivity index (χ1v) is 10.5. The van der Waals surface area contributed by atoms with Crippen LogP contribution in [0.15, 0.2) is 44.2 Å². The molecule has 5 heteroatoms. The van der Waals surface area contributed by atoms with Crippen LogP contribution in [0, 0.1) is 0 Å². The molecule has 0 saturated carbocycles. The van der Waals surface area contributed by atoms with Crippen molar-refractivity contribution in [3.63, 3.8) is 0 Å². The van der Waals surface area contributed by atoms with Crippen LogP contribution >= 0.6 is 0 Å². The molecule has 4 nitrogen and oxygen atoms in total. The molecule has 0 heterocycles. The van der Waals surface area contributed by atoms with Gasteiger partial charge in [-0.1, -0.05) is 0 Å². The van der Waals surface area contributed by atoms with E-state index in [4.69, 9.17) is 6.64 Å². The third kappa shape index (κ3) is 2.41. The average molecular weight is 310 g/mol. The summed E-state index contributed by atoms with van der Waals surface area (Å²) in [5.41, 5.74) is 0. The quantitative estimate of drug-likeness (QED) is 0.749. The Labute approximate surface area is 119 Å². The fourth-order valence-corrected chi connectivity index (χ4v) is 9.18. The molecule has 106 valence electrons. The molecular formula is C15H18O4Ti. The van der Waals surface area contributed by atoms with Crippen LogP contribution in [-0.2, 0) is 31.8 Å². The first kappa shape index (κ1) is 14.9. The van der Waals surface area contributed by atoms with E-state index >= 15 is 0 Å². The van der Waals surface area contributed by atoms with Gasteiger partial charge in [-0.15, -0.1) is 0 Å². The molecule has 2 aliphatic rings. The van der Waals surface area contributed by atoms with Gasteiger partial charge < -0.3 is 0 Å². The summed E-state index contributed by atoms with van der Waals surface area (Å²) < 4.78 is 13.0. The Balaban J connectivity index is 2.63. The second-order valence-corrected chi connectivity index (χ2v) is 11.7. The fraction of sp³-hybridized carbons (Fsp3) is 0.267. The Morgan fingerprint density at radius 3 is 1.65 bits per heavy atom. The zero-order chi connectivity index (χ0) is 14.8. The Kier molecular flexibility index (Phi) is 3.80. The zero-order valence-electron chi connectivity index (χ0n) is 11.7. The molecule has 0 aromatic carbocycles. The topological polar surface area (TPSA) is 52.6 Å². The number of carbonyl (C=O) groups excluding carboxylic acids is 2. The number of allylic oxidation sites excluding steroid dienone is 8. The van der Waals surface area contributed by atoms with Crippen LogP contribution in [-0.4, -0.2) is 16.8 Å². The Bertz CT molecular complexity index is 591. The summed E-state index contributed by atoms with van der Waals surface area (Å²) in [5.74, 6) is -0.947. The van der Waals surface area contributed by atoms with E-state index < -0.39 is 27.6 Å². The van der Waals surface area contributed by atoms with E-state index in [0.29, 0.717) is 12.8 Å². The van der Waals surface area contributed by atoms with E-state index in [1.807, 2.05) is 36.5 Å². The van der Waals surface area contributed by atoms with Gasteiger partial charge in [0.1, 0.15) is 0 Å². The molecule has 0 aromatic rings. The van der Waals surface area contributed by atoms with Crippen molar-refractivity contribution >= 4 is 16.8 Å². The molecule has 20 heavy (non-hydrogen) atoms. The van der Waals surface area contributed by atoms with Crippen LogP contribution in [0.2, 0.25) is 0 Å². The molecule has 0 saturated heterocycles. The standard InChI is InChI=1S/2C5H5.2C2H4O2.CH2.Ti/c2*1-2-4-5-3-1;2*1-2(3)4;;/h2*1-3H,4H2;2*1H3,(H,3,4);1H2;/q;;;;;+2/p-2. The average Bonchev–Trinajstić information content (AvgIpc) is 3.02. The normalized spacial score (nSPS) is 17.8. The Morgan fingerprint density at radius 1 is 1.00 bits per heavy atom. The van der Waals surface area contributed by atoms with Crippen molar-refractivity contribution in [1.82, 2.24) is 0 Å². The van der Waals surface area contributed by atoms with Crippen molar-refractivity contribution in [3.05, 3.63) is 44.2 Å². The predicted octanol–water partition coefficient (Wildman–Crippen LogP) is 2.75. The summed E-state index contributed by atoms with van der Waals surface area (Å²) in [6.45, 7) is 2.65. The van der Waals surface area contributed by atoms with E-state index in [1.165, 1.54) is 13.8 Å². The molecule has 0 aliphatic heterocycles. The SMILES string of the molecule is [CH2]=[Ti]([O]C(C)=O)([O]C(C)=O)([C]1=CC=CC1)[C]1=CC=CC1. The third-order valence-corrected chi connectivity index (χ3v) is 11.0. The van der Waals surface area contributed by atoms with Gasteiger partial charge in [-0.2, -0.15) is 0 Å². The summed E-state index contributed by atoms with van der Waals surface area (Å²) in [7, 11) is 0. The molecule has 2 rings (SSSR count). The van der Waals surface area contributed by atoms with Gasteiger partial charge in [-0.05, 0) is 0 Å². The van der Waals surface area contributed by atoms with E-state index in [2.05, 4.69) is 4.82 Å². The monoisotopic (exact) mass is 310 g/mol. The van der Waals surface area contributed by atoms with Gasteiger partial charge in [-0.3, -0.25) is 0 Å². The molecule has 0 spiro atoms. The van der Waals surface area contributed by atoms with Crippen molar-refractivity contribution < 1.29 is 31.8 Å². The molecule has 0 radical (unpaired) electrons. The minimum absolute atomic E-state index is 0.473. The van der Waals surface area contributed by atoms with Gasteiger partial charge in [-0.25, -0.2) is 0 Å².